The number of aromatic nitrogens is 2. The molecule has 0 spiro atoms. The van der Waals surface area contributed by atoms with Gasteiger partial charge in [0.05, 0.1) is 11.3 Å². The topological polar surface area (TPSA) is 55.0 Å². The SMILES string of the molecule is CCc1nnc(N2CCSCC2C)c(C(N)=S)c1CC. The van der Waals surface area contributed by atoms with Crippen LogP contribution in [0.1, 0.15) is 37.6 Å². The molecule has 1 aromatic heterocycles. The highest BCUT2D eigenvalue weighted by molar-refractivity contribution is 7.99. The second kappa shape index (κ2) is 6.72. The molecule has 0 amide bonds. The summed E-state index contributed by atoms with van der Waals surface area (Å²) in [5.41, 5.74) is 9.11. The highest BCUT2D eigenvalue weighted by atomic mass is 32.2. The van der Waals surface area contributed by atoms with E-state index >= 15 is 0 Å². The van der Waals surface area contributed by atoms with Crippen molar-refractivity contribution in [2.24, 2.45) is 5.73 Å². The Morgan fingerprint density at radius 2 is 2.15 bits per heavy atom. The van der Waals surface area contributed by atoms with E-state index in [-0.39, 0.29) is 0 Å². The molecule has 4 nitrogen and oxygen atoms in total. The number of rotatable bonds is 4. The lowest BCUT2D eigenvalue weighted by Gasteiger charge is -2.35. The summed E-state index contributed by atoms with van der Waals surface area (Å²) in [4.78, 5) is 2.74. The van der Waals surface area contributed by atoms with Crippen molar-refractivity contribution in [3.05, 3.63) is 16.8 Å². The number of hydrogen-bond acceptors (Lipinski definition) is 5. The Morgan fingerprint density at radius 3 is 2.70 bits per heavy atom. The van der Waals surface area contributed by atoms with Gasteiger partial charge in [-0.1, -0.05) is 26.1 Å². The van der Waals surface area contributed by atoms with Crippen molar-refractivity contribution in [3.63, 3.8) is 0 Å². The van der Waals surface area contributed by atoms with Crippen LogP contribution in [0.25, 0.3) is 0 Å². The molecule has 1 saturated heterocycles. The van der Waals surface area contributed by atoms with Crippen molar-refractivity contribution in [3.8, 4) is 0 Å². The fourth-order valence-corrected chi connectivity index (χ4v) is 3.89. The third-order valence-electron chi connectivity index (χ3n) is 3.71. The first-order valence-corrected chi connectivity index (χ1v) is 8.69. The molecule has 2 heterocycles. The summed E-state index contributed by atoms with van der Waals surface area (Å²) >= 11 is 7.28. The number of hydrogen-bond donors (Lipinski definition) is 1. The van der Waals surface area contributed by atoms with Gasteiger partial charge in [-0.2, -0.15) is 16.9 Å². The molecule has 0 saturated carbocycles. The second-order valence-electron chi connectivity index (χ2n) is 5.01. The van der Waals surface area contributed by atoms with Gasteiger partial charge < -0.3 is 10.6 Å². The van der Waals surface area contributed by atoms with E-state index < -0.39 is 0 Å². The van der Waals surface area contributed by atoms with E-state index in [0.29, 0.717) is 11.0 Å². The molecule has 2 N–H and O–H groups in total. The number of thiocarbonyl (C=S) groups is 1. The van der Waals surface area contributed by atoms with E-state index in [2.05, 4.69) is 35.9 Å². The fourth-order valence-electron chi connectivity index (χ4n) is 2.66. The van der Waals surface area contributed by atoms with E-state index in [1.54, 1.807) is 0 Å². The molecule has 2 rings (SSSR count). The predicted octanol–water partition coefficient (Wildman–Crippen LogP) is 2.18. The van der Waals surface area contributed by atoms with E-state index in [0.717, 1.165) is 53.5 Å². The summed E-state index contributed by atoms with van der Waals surface area (Å²) in [5, 5.41) is 8.86. The number of nitrogens with two attached hydrogens (primary N) is 1. The quantitative estimate of drug-likeness (QED) is 0.860. The van der Waals surface area contributed by atoms with Crippen LogP contribution in [-0.4, -0.2) is 39.3 Å². The van der Waals surface area contributed by atoms with Crippen LogP contribution in [0.4, 0.5) is 5.82 Å². The van der Waals surface area contributed by atoms with Crippen molar-refractivity contribution in [1.29, 1.82) is 0 Å². The lowest BCUT2D eigenvalue weighted by molar-refractivity contribution is 0.677. The molecule has 0 aliphatic carbocycles. The lowest BCUT2D eigenvalue weighted by atomic mass is 10.0. The Bertz CT molecular complexity index is 504. The Balaban J connectivity index is 2.54. The number of anilines is 1. The average Bonchev–Trinajstić information content (AvgIpc) is 2.46. The van der Waals surface area contributed by atoms with E-state index in [1.807, 2.05) is 11.8 Å². The van der Waals surface area contributed by atoms with Crippen molar-refractivity contribution in [2.75, 3.05) is 23.0 Å². The highest BCUT2D eigenvalue weighted by Crippen LogP contribution is 2.28. The van der Waals surface area contributed by atoms with Gasteiger partial charge in [-0.05, 0) is 25.3 Å². The number of aryl methyl sites for hydroxylation is 1. The highest BCUT2D eigenvalue weighted by Gasteiger charge is 2.26. The first-order valence-electron chi connectivity index (χ1n) is 7.12. The van der Waals surface area contributed by atoms with Crippen molar-refractivity contribution in [1.82, 2.24) is 10.2 Å². The van der Waals surface area contributed by atoms with Crippen LogP contribution in [0.3, 0.4) is 0 Å². The largest absolute Gasteiger partial charge is 0.389 e. The fraction of sp³-hybridized carbons (Fsp3) is 0.643. The van der Waals surface area contributed by atoms with Crippen molar-refractivity contribution >= 4 is 34.8 Å². The molecule has 1 aromatic rings. The van der Waals surface area contributed by atoms with E-state index in [9.17, 15) is 0 Å². The Hall–Kier alpha value is -0.880. The van der Waals surface area contributed by atoms with Gasteiger partial charge in [0.1, 0.15) is 4.99 Å². The summed E-state index contributed by atoms with van der Waals surface area (Å²) in [5.74, 6) is 3.09. The van der Waals surface area contributed by atoms with Gasteiger partial charge >= 0.3 is 0 Å². The van der Waals surface area contributed by atoms with Crippen LogP contribution in [0.5, 0.6) is 0 Å². The van der Waals surface area contributed by atoms with Gasteiger partial charge in [-0.15, -0.1) is 5.10 Å². The van der Waals surface area contributed by atoms with Crippen molar-refractivity contribution < 1.29 is 0 Å². The van der Waals surface area contributed by atoms with Gasteiger partial charge in [-0.3, -0.25) is 0 Å². The van der Waals surface area contributed by atoms with E-state index in [1.165, 1.54) is 0 Å². The molecule has 0 radical (unpaired) electrons. The van der Waals surface area contributed by atoms with Crippen molar-refractivity contribution in [2.45, 2.75) is 39.7 Å². The molecule has 0 bridgehead atoms. The molecule has 1 unspecified atom stereocenters. The first kappa shape index (κ1) is 15.5. The zero-order valence-corrected chi connectivity index (χ0v) is 14.0. The van der Waals surface area contributed by atoms with Crippen LogP contribution in [0.2, 0.25) is 0 Å². The summed E-state index contributed by atoms with van der Waals surface area (Å²) in [6, 6.07) is 0.438. The Kier molecular flexibility index (Phi) is 5.21. The van der Waals surface area contributed by atoms with Crippen LogP contribution in [0, 0.1) is 0 Å². The zero-order chi connectivity index (χ0) is 14.7. The first-order chi connectivity index (χ1) is 9.60. The molecule has 1 fully saturated rings. The third-order valence-corrected chi connectivity index (χ3v) is 5.11. The Labute approximate surface area is 130 Å². The minimum Gasteiger partial charge on any atom is -0.389 e. The standard InChI is InChI=1S/C14H22N4S2/c1-4-10-11(5-2)16-17-14(12(10)13(15)19)18-6-7-20-8-9(18)3/h9H,4-8H2,1-3H3,(H2,15,19). The van der Waals surface area contributed by atoms with Crippen LogP contribution in [0.15, 0.2) is 0 Å². The molecule has 6 heteroatoms. The molecule has 1 atom stereocenters. The van der Waals surface area contributed by atoms with Crippen LogP contribution >= 0.6 is 24.0 Å². The number of nitrogens with zero attached hydrogens (tertiary/aromatic N) is 3. The molecular weight excluding hydrogens is 288 g/mol. The maximum atomic E-state index is 6.00. The minimum absolute atomic E-state index is 0.437. The number of thioether (sulfide) groups is 1. The normalized spacial score (nSPS) is 19.1. The summed E-state index contributed by atoms with van der Waals surface area (Å²) in [6.07, 6.45) is 1.74. The van der Waals surface area contributed by atoms with E-state index in [4.69, 9.17) is 18.0 Å². The van der Waals surface area contributed by atoms with Gasteiger partial charge in [0.2, 0.25) is 0 Å². The van der Waals surface area contributed by atoms with Gasteiger partial charge in [0, 0.05) is 24.1 Å². The maximum absolute atomic E-state index is 6.00. The van der Waals surface area contributed by atoms with Crippen LogP contribution < -0.4 is 10.6 Å². The molecular formula is C14H22N4S2. The smallest absolute Gasteiger partial charge is 0.162 e. The lowest BCUT2D eigenvalue weighted by Crippen LogP contribution is -2.42. The van der Waals surface area contributed by atoms with Gasteiger partial charge in [-0.25, -0.2) is 0 Å². The van der Waals surface area contributed by atoms with Gasteiger partial charge in [0.15, 0.2) is 5.82 Å². The molecule has 1 aliphatic heterocycles. The summed E-state index contributed by atoms with van der Waals surface area (Å²) < 4.78 is 0. The molecule has 20 heavy (non-hydrogen) atoms. The average molecular weight is 310 g/mol. The zero-order valence-electron chi connectivity index (χ0n) is 12.3. The van der Waals surface area contributed by atoms with Gasteiger partial charge in [0.25, 0.3) is 0 Å². The predicted molar refractivity (Wildman–Crippen MR) is 90.8 cm³/mol. The monoisotopic (exact) mass is 310 g/mol. The molecule has 110 valence electrons. The minimum atomic E-state index is 0.437. The summed E-state index contributed by atoms with van der Waals surface area (Å²) in [6.45, 7) is 7.41. The summed E-state index contributed by atoms with van der Waals surface area (Å²) in [7, 11) is 0. The van der Waals surface area contributed by atoms with Crippen LogP contribution in [-0.2, 0) is 12.8 Å². The maximum Gasteiger partial charge on any atom is 0.162 e. The Morgan fingerprint density at radius 1 is 1.40 bits per heavy atom. The molecule has 1 aliphatic rings. The third kappa shape index (κ3) is 2.91. The second-order valence-corrected chi connectivity index (χ2v) is 6.60. The molecule has 0 aromatic carbocycles.